The van der Waals surface area contributed by atoms with Gasteiger partial charge in [-0.1, -0.05) is 0 Å². The van der Waals surface area contributed by atoms with Crippen molar-refractivity contribution in [2.24, 2.45) is 11.7 Å². The van der Waals surface area contributed by atoms with Crippen LogP contribution in [0.25, 0.3) is 0 Å². The zero-order chi connectivity index (χ0) is 12.4. The molecule has 0 radical (unpaired) electrons. The summed E-state index contributed by atoms with van der Waals surface area (Å²) in [4.78, 5) is 4.28. The molecule has 1 aromatic rings. The molecule has 0 spiro atoms. The predicted octanol–water partition coefficient (Wildman–Crippen LogP) is 1.27. The van der Waals surface area contributed by atoms with Crippen LogP contribution >= 0.6 is 0 Å². The highest BCUT2D eigenvalue weighted by molar-refractivity contribution is 5.08. The van der Waals surface area contributed by atoms with Crippen LogP contribution in [0.1, 0.15) is 37.0 Å². The van der Waals surface area contributed by atoms with Crippen molar-refractivity contribution >= 4 is 0 Å². The van der Waals surface area contributed by atoms with Crippen molar-refractivity contribution in [2.45, 2.75) is 31.3 Å². The summed E-state index contributed by atoms with van der Waals surface area (Å²) in [6, 6.07) is 0.418. The van der Waals surface area contributed by atoms with Crippen LogP contribution in [-0.2, 0) is 9.47 Å². The maximum Gasteiger partial charge on any atom is 0.0952 e. The minimum atomic E-state index is 0.0249. The zero-order valence-electron chi connectivity index (χ0n) is 10.6. The summed E-state index contributed by atoms with van der Waals surface area (Å²) in [5.41, 5.74) is 7.50. The first-order valence-corrected chi connectivity index (χ1v) is 6.79. The van der Waals surface area contributed by atoms with Gasteiger partial charge in [0.05, 0.1) is 37.3 Å². The van der Waals surface area contributed by atoms with Gasteiger partial charge < -0.3 is 19.8 Å². The third-order valence-electron chi connectivity index (χ3n) is 4.04. The van der Waals surface area contributed by atoms with Gasteiger partial charge in [0.15, 0.2) is 0 Å². The molecule has 1 aromatic heterocycles. The molecule has 3 rings (SSSR count). The summed E-state index contributed by atoms with van der Waals surface area (Å²) in [7, 11) is 0. The van der Waals surface area contributed by atoms with Crippen LogP contribution < -0.4 is 5.73 Å². The first kappa shape index (κ1) is 12.1. The van der Waals surface area contributed by atoms with Crippen LogP contribution in [0.4, 0.5) is 0 Å². The Morgan fingerprint density at radius 1 is 1.28 bits per heavy atom. The van der Waals surface area contributed by atoms with E-state index in [1.54, 1.807) is 0 Å². The molecule has 0 aromatic carbocycles. The Morgan fingerprint density at radius 2 is 2.17 bits per heavy atom. The van der Waals surface area contributed by atoms with Crippen LogP contribution in [0.2, 0.25) is 0 Å². The van der Waals surface area contributed by atoms with Gasteiger partial charge in [-0.15, -0.1) is 0 Å². The van der Waals surface area contributed by atoms with Gasteiger partial charge in [0, 0.05) is 25.3 Å². The maximum absolute atomic E-state index is 6.37. The molecule has 0 aliphatic carbocycles. The highest BCUT2D eigenvalue weighted by atomic mass is 16.5. The van der Waals surface area contributed by atoms with E-state index in [0.717, 1.165) is 51.4 Å². The van der Waals surface area contributed by atoms with E-state index in [2.05, 4.69) is 9.55 Å². The summed E-state index contributed by atoms with van der Waals surface area (Å²) in [6.45, 7) is 3.26. The van der Waals surface area contributed by atoms with E-state index in [9.17, 15) is 0 Å². The fourth-order valence-corrected chi connectivity index (χ4v) is 2.90. The minimum absolute atomic E-state index is 0.0249. The zero-order valence-corrected chi connectivity index (χ0v) is 10.6. The maximum atomic E-state index is 6.37. The lowest BCUT2D eigenvalue weighted by Gasteiger charge is -2.27. The molecule has 2 saturated heterocycles. The van der Waals surface area contributed by atoms with Gasteiger partial charge >= 0.3 is 0 Å². The molecule has 2 aliphatic heterocycles. The molecule has 3 heterocycles. The Balaban J connectivity index is 1.77. The fourth-order valence-electron chi connectivity index (χ4n) is 2.90. The van der Waals surface area contributed by atoms with E-state index < -0.39 is 0 Å². The minimum Gasteiger partial charge on any atom is -0.381 e. The molecule has 18 heavy (non-hydrogen) atoms. The van der Waals surface area contributed by atoms with E-state index in [0.29, 0.717) is 12.0 Å². The van der Waals surface area contributed by atoms with E-state index in [1.807, 2.05) is 12.5 Å². The summed E-state index contributed by atoms with van der Waals surface area (Å²) < 4.78 is 13.2. The first-order valence-electron chi connectivity index (χ1n) is 6.79. The summed E-state index contributed by atoms with van der Waals surface area (Å²) in [5, 5.41) is 0. The Kier molecular flexibility index (Phi) is 3.63. The number of rotatable bonds is 3. The number of hydrogen-bond acceptors (Lipinski definition) is 4. The molecule has 0 saturated carbocycles. The smallest absolute Gasteiger partial charge is 0.0952 e. The third kappa shape index (κ3) is 2.30. The quantitative estimate of drug-likeness (QED) is 0.878. The topological polar surface area (TPSA) is 62.3 Å². The van der Waals surface area contributed by atoms with Crippen molar-refractivity contribution in [3.63, 3.8) is 0 Å². The van der Waals surface area contributed by atoms with Crippen molar-refractivity contribution in [1.82, 2.24) is 9.55 Å². The van der Waals surface area contributed by atoms with Gasteiger partial charge in [0.2, 0.25) is 0 Å². The lowest BCUT2D eigenvalue weighted by Crippen LogP contribution is -2.28. The van der Waals surface area contributed by atoms with Gasteiger partial charge in [-0.3, -0.25) is 0 Å². The SMILES string of the molecule is NC(c1cncn1C1CCCOC1)C1CCOC1. The lowest BCUT2D eigenvalue weighted by atomic mass is 9.97. The van der Waals surface area contributed by atoms with E-state index in [4.69, 9.17) is 15.2 Å². The second-order valence-corrected chi connectivity index (χ2v) is 5.25. The molecule has 2 N–H and O–H groups in total. The van der Waals surface area contributed by atoms with E-state index >= 15 is 0 Å². The van der Waals surface area contributed by atoms with Crippen LogP contribution in [0.15, 0.2) is 12.5 Å². The lowest BCUT2D eigenvalue weighted by molar-refractivity contribution is 0.0575. The Hall–Kier alpha value is -0.910. The Morgan fingerprint density at radius 3 is 2.89 bits per heavy atom. The molecule has 2 aliphatic rings. The highest BCUT2D eigenvalue weighted by Crippen LogP contribution is 2.29. The van der Waals surface area contributed by atoms with E-state index in [-0.39, 0.29) is 6.04 Å². The Labute approximate surface area is 107 Å². The van der Waals surface area contributed by atoms with Gasteiger partial charge in [-0.05, 0) is 19.3 Å². The molecule has 3 atom stereocenters. The molecule has 3 unspecified atom stereocenters. The van der Waals surface area contributed by atoms with Crippen molar-refractivity contribution < 1.29 is 9.47 Å². The van der Waals surface area contributed by atoms with Gasteiger partial charge in [0.1, 0.15) is 0 Å². The number of aromatic nitrogens is 2. The van der Waals surface area contributed by atoms with Gasteiger partial charge in [-0.25, -0.2) is 4.98 Å². The number of ether oxygens (including phenoxy) is 2. The molecular formula is C13H21N3O2. The van der Waals surface area contributed by atoms with Crippen molar-refractivity contribution in [3.05, 3.63) is 18.2 Å². The summed E-state index contributed by atoms with van der Waals surface area (Å²) in [6.07, 6.45) is 7.11. The van der Waals surface area contributed by atoms with Crippen molar-refractivity contribution in [2.75, 3.05) is 26.4 Å². The molecule has 5 nitrogen and oxygen atoms in total. The number of nitrogens with two attached hydrogens (primary N) is 1. The summed E-state index contributed by atoms with van der Waals surface area (Å²) in [5.74, 6) is 0.421. The standard InChI is InChI=1S/C13H21N3O2/c14-13(10-3-5-18-7-10)12-6-15-9-16(12)11-2-1-4-17-8-11/h6,9-11,13H,1-5,7-8,14H2. The predicted molar refractivity (Wildman–Crippen MR) is 67.2 cm³/mol. The van der Waals surface area contributed by atoms with Crippen LogP contribution in [0, 0.1) is 5.92 Å². The highest BCUT2D eigenvalue weighted by Gasteiger charge is 2.28. The molecule has 2 fully saturated rings. The van der Waals surface area contributed by atoms with Crippen LogP contribution in [0.3, 0.4) is 0 Å². The third-order valence-corrected chi connectivity index (χ3v) is 4.04. The van der Waals surface area contributed by atoms with Gasteiger partial charge in [-0.2, -0.15) is 0 Å². The molecule has 5 heteroatoms. The Bertz CT molecular complexity index is 381. The van der Waals surface area contributed by atoms with Crippen molar-refractivity contribution in [3.8, 4) is 0 Å². The van der Waals surface area contributed by atoms with E-state index in [1.165, 1.54) is 0 Å². The number of nitrogens with zero attached hydrogens (tertiary/aromatic N) is 2. The number of hydrogen-bond donors (Lipinski definition) is 1. The monoisotopic (exact) mass is 251 g/mol. The second kappa shape index (κ2) is 5.38. The van der Waals surface area contributed by atoms with Crippen LogP contribution in [0.5, 0.6) is 0 Å². The van der Waals surface area contributed by atoms with Crippen LogP contribution in [-0.4, -0.2) is 36.0 Å². The largest absolute Gasteiger partial charge is 0.381 e. The molecular weight excluding hydrogens is 230 g/mol. The first-order chi connectivity index (χ1) is 8.86. The molecule has 0 bridgehead atoms. The normalized spacial score (nSPS) is 30.5. The van der Waals surface area contributed by atoms with Gasteiger partial charge in [0.25, 0.3) is 0 Å². The second-order valence-electron chi connectivity index (χ2n) is 5.25. The summed E-state index contributed by atoms with van der Waals surface area (Å²) >= 11 is 0. The molecule has 100 valence electrons. The molecule has 0 amide bonds. The number of imidazole rings is 1. The average Bonchev–Trinajstić information content (AvgIpc) is 3.10. The average molecular weight is 251 g/mol. The fraction of sp³-hybridized carbons (Fsp3) is 0.769. The van der Waals surface area contributed by atoms with Crippen molar-refractivity contribution in [1.29, 1.82) is 0 Å².